The Labute approximate surface area is 135 Å². The summed E-state index contributed by atoms with van der Waals surface area (Å²) >= 11 is 0. The fourth-order valence-corrected chi connectivity index (χ4v) is 2.75. The molecule has 3 heterocycles. The molecule has 3 aromatic rings. The number of aromatic nitrogens is 5. The van der Waals surface area contributed by atoms with Crippen molar-refractivity contribution in [3.8, 4) is 0 Å². The standard InChI is InChI=1S/C15H14F2N6O/c1-22-8-19-21-15(22)13-7-23(2-3-24-13)14-6-18-11-4-9(16)10(17)5-12(11)20-14/h4-6,8,13H,2-3,7H2,1H3/t13-/m1/s1. The number of nitrogens with zero attached hydrogens (tertiary/aromatic N) is 6. The molecule has 0 bridgehead atoms. The van der Waals surface area contributed by atoms with Crippen LogP contribution in [0.15, 0.2) is 24.7 Å². The lowest BCUT2D eigenvalue weighted by Gasteiger charge is -2.32. The predicted molar refractivity (Wildman–Crippen MR) is 81.4 cm³/mol. The maximum absolute atomic E-state index is 13.4. The van der Waals surface area contributed by atoms with E-state index in [1.807, 2.05) is 11.9 Å². The number of rotatable bonds is 2. The molecule has 0 radical (unpaired) electrons. The summed E-state index contributed by atoms with van der Waals surface area (Å²) in [5.41, 5.74) is 0.629. The fraction of sp³-hybridized carbons (Fsp3) is 0.333. The molecule has 1 atom stereocenters. The number of morpholine rings is 1. The molecule has 124 valence electrons. The number of hydrogen-bond acceptors (Lipinski definition) is 6. The average Bonchev–Trinajstić information content (AvgIpc) is 3.02. The summed E-state index contributed by atoms with van der Waals surface area (Å²) in [7, 11) is 1.85. The van der Waals surface area contributed by atoms with Crippen LogP contribution in [-0.2, 0) is 11.8 Å². The van der Waals surface area contributed by atoms with Gasteiger partial charge in [0.25, 0.3) is 0 Å². The van der Waals surface area contributed by atoms with Crippen LogP contribution in [0.3, 0.4) is 0 Å². The lowest BCUT2D eigenvalue weighted by molar-refractivity contribution is 0.0318. The summed E-state index contributed by atoms with van der Waals surface area (Å²) in [6.07, 6.45) is 2.93. The van der Waals surface area contributed by atoms with E-state index in [9.17, 15) is 8.78 Å². The van der Waals surface area contributed by atoms with Crippen molar-refractivity contribution in [3.63, 3.8) is 0 Å². The van der Waals surface area contributed by atoms with Gasteiger partial charge in [0.1, 0.15) is 18.2 Å². The molecule has 7 nitrogen and oxygen atoms in total. The molecular weight excluding hydrogens is 318 g/mol. The highest BCUT2D eigenvalue weighted by atomic mass is 19.2. The molecule has 0 aliphatic carbocycles. The summed E-state index contributed by atoms with van der Waals surface area (Å²) in [5.74, 6) is -0.559. The molecule has 0 spiro atoms. The molecule has 1 fully saturated rings. The first kappa shape index (κ1) is 14.9. The van der Waals surface area contributed by atoms with Crippen molar-refractivity contribution in [2.24, 2.45) is 7.05 Å². The monoisotopic (exact) mass is 332 g/mol. The second kappa shape index (κ2) is 5.75. The SMILES string of the molecule is Cn1cnnc1[C@H]1CN(c2cnc3cc(F)c(F)cc3n2)CCO1. The minimum absolute atomic E-state index is 0.242. The van der Waals surface area contributed by atoms with Gasteiger partial charge in [-0.15, -0.1) is 10.2 Å². The second-order valence-electron chi connectivity index (χ2n) is 5.59. The third-order valence-corrected chi connectivity index (χ3v) is 4.00. The molecule has 9 heteroatoms. The van der Waals surface area contributed by atoms with Gasteiger partial charge in [-0.05, 0) is 0 Å². The summed E-state index contributed by atoms with van der Waals surface area (Å²) in [5, 5.41) is 7.94. The number of halogens is 2. The predicted octanol–water partition coefficient (Wildman–Crippen LogP) is 1.61. The van der Waals surface area contributed by atoms with Crippen molar-refractivity contribution in [2.75, 3.05) is 24.6 Å². The normalized spacial score (nSPS) is 18.3. The van der Waals surface area contributed by atoms with E-state index in [1.54, 1.807) is 17.1 Å². The van der Waals surface area contributed by atoms with Crippen molar-refractivity contribution in [3.05, 3.63) is 42.1 Å². The number of ether oxygens (including phenoxy) is 1. The van der Waals surface area contributed by atoms with E-state index < -0.39 is 11.6 Å². The number of benzene rings is 1. The van der Waals surface area contributed by atoms with Gasteiger partial charge in [0.15, 0.2) is 17.5 Å². The lowest BCUT2D eigenvalue weighted by Crippen LogP contribution is -2.39. The van der Waals surface area contributed by atoms with Crippen LogP contribution < -0.4 is 4.90 Å². The maximum atomic E-state index is 13.4. The van der Waals surface area contributed by atoms with Gasteiger partial charge < -0.3 is 14.2 Å². The molecule has 1 aliphatic heterocycles. The first-order chi connectivity index (χ1) is 11.6. The van der Waals surface area contributed by atoms with E-state index in [4.69, 9.17) is 4.74 Å². The van der Waals surface area contributed by atoms with Crippen LogP contribution in [-0.4, -0.2) is 44.4 Å². The zero-order valence-corrected chi connectivity index (χ0v) is 12.9. The number of anilines is 1. The molecule has 1 aromatic carbocycles. The zero-order chi connectivity index (χ0) is 16.7. The molecule has 0 amide bonds. The number of aryl methyl sites for hydroxylation is 1. The van der Waals surface area contributed by atoms with E-state index in [1.165, 1.54) is 0 Å². The summed E-state index contributed by atoms with van der Waals surface area (Å²) in [4.78, 5) is 10.6. The van der Waals surface area contributed by atoms with Crippen molar-refractivity contribution in [2.45, 2.75) is 6.10 Å². The highest BCUT2D eigenvalue weighted by Crippen LogP contribution is 2.25. The van der Waals surface area contributed by atoms with Crippen molar-refractivity contribution in [1.29, 1.82) is 0 Å². The van der Waals surface area contributed by atoms with Gasteiger partial charge in [-0.1, -0.05) is 0 Å². The van der Waals surface area contributed by atoms with Gasteiger partial charge in [0.05, 0.1) is 30.4 Å². The minimum atomic E-state index is -0.937. The topological polar surface area (TPSA) is 69.0 Å². The van der Waals surface area contributed by atoms with E-state index >= 15 is 0 Å². The van der Waals surface area contributed by atoms with Gasteiger partial charge >= 0.3 is 0 Å². The molecular formula is C15H14F2N6O. The van der Waals surface area contributed by atoms with Crippen LogP contribution in [0.4, 0.5) is 14.6 Å². The van der Waals surface area contributed by atoms with E-state index in [0.717, 1.165) is 18.0 Å². The van der Waals surface area contributed by atoms with Gasteiger partial charge in [-0.2, -0.15) is 0 Å². The average molecular weight is 332 g/mol. The van der Waals surface area contributed by atoms with Crippen molar-refractivity contribution < 1.29 is 13.5 Å². The Balaban J connectivity index is 1.64. The van der Waals surface area contributed by atoms with Crippen LogP contribution >= 0.6 is 0 Å². The molecule has 1 saturated heterocycles. The first-order valence-corrected chi connectivity index (χ1v) is 7.44. The number of hydrogen-bond donors (Lipinski definition) is 0. The number of fused-ring (bicyclic) bond motifs is 1. The summed E-state index contributed by atoms with van der Waals surface area (Å²) in [6.45, 7) is 1.64. The molecule has 2 aromatic heterocycles. The molecule has 4 rings (SSSR count). The maximum Gasteiger partial charge on any atom is 0.163 e. The third kappa shape index (κ3) is 2.56. The van der Waals surface area contributed by atoms with Crippen LogP contribution in [0.25, 0.3) is 11.0 Å². The quantitative estimate of drug-likeness (QED) is 0.710. The zero-order valence-electron chi connectivity index (χ0n) is 12.9. The highest BCUT2D eigenvalue weighted by Gasteiger charge is 2.26. The van der Waals surface area contributed by atoms with E-state index in [-0.39, 0.29) is 6.10 Å². The molecule has 0 unspecified atom stereocenters. The molecule has 0 N–H and O–H groups in total. The smallest absolute Gasteiger partial charge is 0.163 e. The Morgan fingerprint density at radius 3 is 2.75 bits per heavy atom. The summed E-state index contributed by atoms with van der Waals surface area (Å²) < 4.78 is 34.2. The Bertz CT molecular complexity index is 899. The lowest BCUT2D eigenvalue weighted by atomic mass is 10.2. The Morgan fingerprint density at radius 2 is 2.00 bits per heavy atom. The third-order valence-electron chi connectivity index (χ3n) is 4.00. The van der Waals surface area contributed by atoms with Crippen LogP contribution in [0.2, 0.25) is 0 Å². The van der Waals surface area contributed by atoms with Crippen molar-refractivity contribution >= 4 is 16.9 Å². The first-order valence-electron chi connectivity index (χ1n) is 7.44. The van der Waals surface area contributed by atoms with Gasteiger partial charge in [0, 0.05) is 25.7 Å². The fourth-order valence-electron chi connectivity index (χ4n) is 2.75. The van der Waals surface area contributed by atoms with E-state index in [2.05, 4.69) is 20.2 Å². The second-order valence-corrected chi connectivity index (χ2v) is 5.59. The van der Waals surface area contributed by atoms with Crippen LogP contribution in [0, 0.1) is 11.6 Å². The Morgan fingerprint density at radius 1 is 1.21 bits per heavy atom. The van der Waals surface area contributed by atoms with Crippen molar-refractivity contribution in [1.82, 2.24) is 24.7 Å². The summed E-state index contributed by atoms with van der Waals surface area (Å²) in [6, 6.07) is 2.10. The van der Waals surface area contributed by atoms with Gasteiger partial charge in [-0.3, -0.25) is 4.98 Å². The van der Waals surface area contributed by atoms with Gasteiger partial charge in [-0.25, -0.2) is 13.8 Å². The molecule has 24 heavy (non-hydrogen) atoms. The van der Waals surface area contributed by atoms with Crippen LogP contribution in [0.1, 0.15) is 11.9 Å². The van der Waals surface area contributed by atoms with E-state index in [0.29, 0.717) is 36.5 Å². The van der Waals surface area contributed by atoms with Gasteiger partial charge in [0.2, 0.25) is 0 Å². The largest absolute Gasteiger partial charge is 0.366 e. The minimum Gasteiger partial charge on any atom is -0.366 e. The Hall–Kier alpha value is -2.68. The molecule has 0 saturated carbocycles. The van der Waals surface area contributed by atoms with Crippen LogP contribution in [0.5, 0.6) is 0 Å². The Kier molecular flexibility index (Phi) is 3.57. The molecule has 1 aliphatic rings. The highest BCUT2D eigenvalue weighted by molar-refractivity contribution is 5.75.